The van der Waals surface area contributed by atoms with Crippen molar-refractivity contribution in [1.82, 2.24) is 14.8 Å². The van der Waals surface area contributed by atoms with Gasteiger partial charge in [0.1, 0.15) is 0 Å². The molecule has 2 N–H and O–H groups in total. The quantitative estimate of drug-likeness (QED) is 0.755. The number of nitrogens with zero attached hydrogens (tertiary/aromatic N) is 3. The lowest BCUT2D eigenvalue weighted by Gasteiger charge is -2.06. The Morgan fingerprint density at radius 1 is 1.33 bits per heavy atom. The van der Waals surface area contributed by atoms with Crippen LogP contribution in [0.2, 0.25) is 0 Å². The van der Waals surface area contributed by atoms with Crippen molar-refractivity contribution in [2.24, 2.45) is 0 Å². The number of benzene rings is 1. The molecule has 0 saturated heterocycles. The lowest BCUT2D eigenvalue weighted by atomic mass is 10.2. The first kappa shape index (κ1) is 10.9. The summed E-state index contributed by atoms with van der Waals surface area (Å²) in [5.41, 5.74) is 7.18. The summed E-state index contributed by atoms with van der Waals surface area (Å²) in [5, 5.41) is 7.23. The molecule has 0 bridgehead atoms. The van der Waals surface area contributed by atoms with Crippen LogP contribution in [0.5, 0.6) is 0 Å². The summed E-state index contributed by atoms with van der Waals surface area (Å²) in [6, 6.07) is 7.40. The zero-order valence-electron chi connectivity index (χ0n) is 9.41. The van der Waals surface area contributed by atoms with Gasteiger partial charge in [-0.1, -0.05) is 12.1 Å². The van der Waals surface area contributed by atoms with E-state index in [1.807, 2.05) is 23.6 Å². The second-order valence-electron chi connectivity index (χ2n) is 3.86. The van der Waals surface area contributed by atoms with E-state index in [1.165, 1.54) is 17.5 Å². The van der Waals surface area contributed by atoms with E-state index in [9.17, 15) is 4.79 Å². The fourth-order valence-electron chi connectivity index (χ4n) is 1.84. The van der Waals surface area contributed by atoms with Crippen molar-refractivity contribution in [2.45, 2.75) is 6.54 Å². The van der Waals surface area contributed by atoms with Gasteiger partial charge < -0.3 is 5.73 Å². The van der Waals surface area contributed by atoms with E-state index in [2.05, 4.69) is 10.1 Å². The SMILES string of the molecule is Nc1nc(Cn2ncc(=O)c3ccccc32)cs1. The normalized spacial score (nSPS) is 10.9. The van der Waals surface area contributed by atoms with Crippen molar-refractivity contribution in [3.05, 3.63) is 51.8 Å². The smallest absolute Gasteiger partial charge is 0.207 e. The molecular formula is C12H10N4OS. The Kier molecular flexibility index (Phi) is 2.56. The summed E-state index contributed by atoms with van der Waals surface area (Å²) in [5.74, 6) is 0. The molecule has 0 aliphatic heterocycles. The molecule has 0 saturated carbocycles. The lowest BCUT2D eigenvalue weighted by Crippen LogP contribution is -2.13. The van der Waals surface area contributed by atoms with Crippen molar-refractivity contribution in [3.8, 4) is 0 Å². The maximum atomic E-state index is 11.7. The maximum absolute atomic E-state index is 11.7. The van der Waals surface area contributed by atoms with Crippen molar-refractivity contribution >= 4 is 27.4 Å². The summed E-state index contributed by atoms with van der Waals surface area (Å²) < 4.78 is 1.76. The van der Waals surface area contributed by atoms with Crippen LogP contribution in [0, 0.1) is 0 Å². The van der Waals surface area contributed by atoms with Gasteiger partial charge in [-0.15, -0.1) is 11.3 Å². The molecule has 0 aliphatic carbocycles. The minimum Gasteiger partial charge on any atom is -0.375 e. The number of nitrogen functional groups attached to an aromatic ring is 1. The molecular weight excluding hydrogens is 248 g/mol. The third kappa shape index (κ3) is 1.86. The Hall–Kier alpha value is -2.21. The summed E-state index contributed by atoms with van der Waals surface area (Å²) in [7, 11) is 0. The van der Waals surface area contributed by atoms with Crippen LogP contribution in [-0.4, -0.2) is 14.8 Å². The molecule has 0 unspecified atom stereocenters. The standard InChI is InChI=1S/C12H10N4OS/c13-12-15-8(7-18-12)6-16-10-4-2-1-3-9(10)11(17)5-14-16/h1-5,7H,6H2,(H2,13,15). The molecule has 0 aliphatic rings. The number of nitrogens with two attached hydrogens (primary N) is 1. The van der Waals surface area contributed by atoms with Gasteiger partial charge in [-0.25, -0.2) is 4.98 Å². The topological polar surface area (TPSA) is 73.8 Å². The monoisotopic (exact) mass is 258 g/mol. The minimum absolute atomic E-state index is 0.0698. The highest BCUT2D eigenvalue weighted by atomic mass is 32.1. The van der Waals surface area contributed by atoms with Gasteiger partial charge in [-0.3, -0.25) is 9.48 Å². The first-order valence-electron chi connectivity index (χ1n) is 5.39. The van der Waals surface area contributed by atoms with Crippen LogP contribution in [0.4, 0.5) is 5.13 Å². The highest BCUT2D eigenvalue weighted by molar-refractivity contribution is 7.13. The number of thiazole rings is 1. The number of hydrogen-bond donors (Lipinski definition) is 1. The minimum atomic E-state index is -0.0698. The van der Waals surface area contributed by atoms with Crippen LogP contribution in [0.3, 0.4) is 0 Å². The predicted molar refractivity (Wildman–Crippen MR) is 71.6 cm³/mol. The zero-order chi connectivity index (χ0) is 12.5. The van der Waals surface area contributed by atoms with Gasteiger partial charge in [-0.05, 0) is 12.1 Å². The largest absolute Gasteiger partial charge is 0.375 e. The third-order valence-corrected chi connectivity index (χ3v) is 3.37. The van der Waals surface area contributed by atoms with Crippen LogP contribution in [-0.2, 0) is 6.54 Å². The first-order chi connectivity index (χ1) is 8.74. The highest BCUT2D eigenvalue weighted by Gasteiger charge is 2.05. The number of anilines is 1. The highest BCUT2D eigenvalue weighted by Crippen LogP contribution is 2.14. The number of aromatic nitrogens is 3. The number of para-hydroxylation sites is 1. The molecule has 5 nitrogen and oxygen atoms in total. The molecule has 0 fully saturated rings. The Morgan fingerprint density at radius 3 is 2.94 bits per heavy atom. The molecule has 2 aromatic heterocycles. The summed E-state index contributed by atoms with van der Waals surface area (Å²) in [6.07, 6.45) is 1.33. The average Bonchev–Trinajstić information content (AvgIpc) is 2.79. The van der Waals surface area contributed by atoms with Crippen LogP contribution in [0.1, 0.15) is 5.69 Å². The van der Waals surface area contributed by atoms with E-state index in [-0.39, 0.29) is 5.43 Å². The van der Waals surface area contributed by atoms with Gasteiger partial charge in [0, 0.05) is 10.8 Å². The summed E-state index contributed by atoms with van der Waals surface area (Å²) in [4.78, 5) is 15.9. The van der Waals surface area contributed by atoms with Crippen molar-refractivity contribution in [1.29, 1.82) is 0 Å². The first-order valence-corrected chi connectivity index (χ1v) is 6.27. The Bertz CT molecular complexity index is 762. The van der Waals surface area contributed by atoms with Gasteiger partial charge >= 0.3 is 0 Å². The van der Waals surface area contributed by atoms with E-state index in [0.29, 0.717) is 17.1 Å². The van der Waals surface area contributed by atoms with Gasteiger partial charge in [0.25, 0.3) is 0 Å². The van der Waals surface area contributed by atoms with Gasteiger partial charge in [0.2, 0.25) is 5.43 Å². The van der Waals surface area contributed by atoms with E-state index in [0.717, 1.165) is 11.2 Å². The molecule has 18 heavy (non-hydrogen) atoms. The van der Waals surface area contributed by atoms with Gasteiger partial charge in [-0.2, -0.15) is 5.10 Å². The summed E-state index contributed by atoms with van der Waals surface area (Å²) >= 11 is 1.40. The fraction of sp³-hybridized carbons (Fsp3) is 0.0833. The second-order valence-corrected chi connectivity index (χ2v) is 4.75. The number of rotatable bonds is 2. The molecule has 1 aromatic carbocycles. The Labute approximate surface area is 107 Å². The molecule has 3 rings (SSSR count). The molecule has 2 heterocycles. The lowest BCUT2D eigenvalue weighted by molar-refractivity contribution is 0.684. The maximum Gasteiger partial charge on any atom is 0.207 e. The van der Waals surface area contributed by atoms with E-state index in [4.69, 9.17) is 5.73 Å². The van der Waals surface area contributed by atoms with Crippen molar-refractivity contribution < 1.29 is 0 Å². The van der Waals surface area contributed by atoms with Crippen LogP contribution in [0.15, 0.2) is 40.6 Å². The molecule has 0 radical (unpaired) electrons. The van der Waals surface area contributed by atoms with Crippen LogP contribution < -0.4 is 11.2 Å². The molecule has 0 spiro atoms. The average molecular weight is 258 g/mol. The molecule has 6 heteroatoms. The number of fused-ring (bicyclic) bond motifs is 1. The van der Waals surface area contributed by atoms with Crippen LogP contribution >= 0.6 is 11.3 Å². The number of hydrogen-bond acceptors (Lipinski definition) is 5. The molecule has 0 atom stereocenters. The van der Waals surface area contributed by atoms with Gasteiger partial charge in [0.05, 0.1) is 24.0 Å². The molecule has 3 aromatic rings. The van der Waals surface area contributed by atoms with Crippen molar-refractivity contribution in [2.75, 3.05) is 5.73 Å². The van der Waals surface area contributed by atoms with E-state index in [1.54, 1.807) is 10.7 Å². The molecule has 0 amide bonds. The van der Waals surface area contributed by atoms with E-state index < -0.39 is 0 Å². The van der Waals surface area contributed by atoms with Crippen LogP contribution in [0.25, 0.3) is 10.9 Å². The third-order valence-electron chi connectivity index (χ3n) is 2.64. The zero-order valence-corrected chi connectivity index (χ0v) is 10.2. The van der Waals surface area contributed by atoms with Crippen molar-refractivity contribution in [3.63, 3.8) is 0 Å². The fourth-order valence-corrected chi connectivity index (χ4v) is 2.39. The van der Waals surface area contributed by atoms with E-state index >= 15 is 0 Å². The predicted octanol–water partition coefficient (Wildman–Crippen LogP) is 1.48. The summed E-state index contributed by atoms with van der Waals surface area (Å²) in [6.45, 7) is 0.508. The Balaban J connectivity index is 2.12. The van der Waals surface area contributed by atoms with Gasteiger partial charge in [0.15, 0.2) is 5.13 Å². The second kappa shape index (κ2) is 4.23. The molecule has 90 valence electrons. The Morgan fingerprint density at radius 2 is 2.17 bits per heavy atom.